The molecule has 0 radical (unpaired) electrons. The van der Waals surface area contributed by atoms with Gasteiger partial charge in [0.2, 0.25) is 0 Å². The van der Waals surface area contributed by atoms with Gasteiger partial charge in [0.05, 0.1) is 0 Å². The van der Waals surface area contributed by atoms with Gasteiger partial charge in [-0.3, -0.25) is 0 Å². The molecule has 1 atom stereocenters. The van der Waals surface area contributed by atoms with Gasteiger partial charge >= 0.3 is 0 Å². The molecule has 0 bridgehead atoms. The molecule has 1 aliphatic rings. The number of allylic oxidation sites excluding steroid dienone is 4. The summed E-state index contributed by atoms with van der Waals surface area (Å²) in [6, 6.07) is 0. The quantitative estimate of drug-likeness (QED) is 0.546. The summed E-state index contributed by atoms with van der Waals surface area (Å²) in [5.74, 6) is 0.726. The van der Waals surface area contributed by atoms with Crippen molar-refractivity contribution in [3.8, 4) is 0 Å². The van der Waals surface area contributed by atoms with Gasteiger partial charge in [0.25, 0.3) is 0 Å². The Morgan fingerprint density at radius 3 is 2.67 bits per heavy atom. The second kappa shape index (κ2) is 2.70. The van der Waals surface area contributed by atoms with Crippen LogP contribution in [0.15, 0.2) is 22.2 Å². The van der Waals surface area contributed by atoms with Crippen LogP contribution in [-0.2, 0) is 0 Å². The van der Waals surface area contributed by atoms with Crippen molar-refractivity contribution < 1.29 is 0 Å². The van der Waals surface area contributed by atoms with Crippen molar-refractivity contribution in [2.75, 3.05) is 0 Å². The third-order valence-corrected chi connectivity index (χ3v) is 2.39. The van der Waals surface area contributed by atoms with Crippen molar-refractivity contribution >= 4 is 15.9 Å². The van der Waals surface area contributed by atoms with Crippen molar-refractivity contribution in [2.24, 2.45) is 5.92 Å². The monoisotopic (exact) mass is 186 g/mol. The summed E-state index contributed by atoms with van der Waals surface area (Å²) in [5.41, 5.74) is 1.48. The van der Waals surface area contributed by atoms with Gasteiger partial charge in [-0.15, -0.1) is 0 Å². The number of rotatable bonds is 0. The van der Waals surface area contributed by atoms with E-state index in [4.69, 9.17) is 0 Å². The molecule has 1 aliphatic carbocycles. The van der Waals surface area contributed by atoms with Crippen LogP contribution in [0.5, 0.6) is 0 Å². The topological polar surface area (TPSA) is 0 Å². The molecule has 1 heteroatoms. The van der Waals surface area contributed by atoms with Crippen molar-refractivity contribution in [1.82, 2.24) is 0 Å². The highest BCUT2D eigenvalue weighted by molar-refractivity contribution is 9.11. The van der Waals surface area contributed by atoms with Gasteiger partial charge < -0.3 is 0 Å². The van der Waals surface area contributed by atoms with E-state index >= 15 is 0 Å². The third-order valence-electron chi connectivity index (χ3n) is 1.81. The summed E-state index contributed by atoms with van der Waals surface area (Å²) in [4.78, 5) is 0. The fourth-order valence-electron chi connectivity index (χ4n) is 0.908. The predicted octanol–water partition coefficient (Wildman–Crippen LogP) is 3.25. The molecule has 0 saturated heterocycles. The average Bonchev–Trinajstić information content (AvgIpc) is 1.80. The second-order valence-corrected chi connectivity index (χ2v) is 3.65. The van der Waals surface area contributed by atoms with E-state index in [0.29, 0.717) is 0 Å². The molecule has 0 spiro atoms. The maximum atomic E-state index is 3.47. The molecular weight excluding hydrogens is 176 g/mol. The van der Waals surface area contributed by atoms with Crippen LogP contribution >= 0.6 is 15.9 Å². The van der Waals surface area contributed by atoms with Crippen LogP contribution in [0.25, 0.3) is 0 Å². The Morgan fingerprint density at radius 1 is 1.56 bits per heavy atom. The Morgan fingerprint density at radius 2 is 2.22 bits per heavy atom. The van der Waals surface area contributed by atoms with Crippen LogP contribution in [0, 0.1) is 5.92 Å². The molecule has 50 valence electrons. The zero-order valence-electron chi connectivity index (χ0n) is 5.82. The summed E-state index contributed by atoms with van der Waals surface area (Å²) >= 11 is 3.47. The van der Waals surface area contributed by atoms with Crippen molar-refractivity contribution in [3.05, 3.63) is 22.2 Å². The maximum absolute atomic E-state index is 3.47. The zero-order valence-corrected chi connectivity index (χ0v) is 7.40. The standard InChI is InChI=1S/C8H11Br/c1-6-3-4-8(9)5-7(6)2/h3-4,7H,5H2,1-2H3. The van der Waals surface area contributed by atoms with Crippen molar-refractivity contribution in [3.63, 3.8) is 0 Å². The van der Waals surface area contributed by atoms with E-state index in [0.717, 1.165) is 5.92 Å². The summed E-state index contributed by atoms with van der Waals surface area (Å²) < 4.78 is 1.32. The molecule has 0 amide bonds. The summed E-state index contributed by atoms with van der Waals surface area (Å²) in [5, 5.41) is 0. The van der Waals surface area contributed by atoms with Crippen LogP contribution in [0.2, 0.25) is 0 Å². The Bertz CT molecular complexity index is 165. The highest BCUT2D eigenvalue weighted by atomic mass is 79.9. The van der Waals surface area contributed by atoms with Gasteiger partial charge in [0, 0.05) is 0 Å². The highest BCUT2D eigenvalue weighted by Crippen LogP contribution is 2.27. The second-order valence-electron chi connectivity index (χ2n) is 2.63. The molecule has 0 aliphatic heterocycles. The fourth-order valence-corrected chi connectivity index (χ4v) is 1.53. The molecule has 0 aromatic heterocycles. The highest BCUT2D eigenvalue weighted by Gasteiger charge is 2.08. The summed E-state index contributed by atoms with van der Waals surface area (Å²) in [6.45, 7) is 4.43. The molecular formula is C8H11Br. The van der Waals surface area contributed by atoms with Crippen LogP contribution in [0.4, 0.5) is 0 Å². The first-order chi connectivity index (χ1) is 4.20. The summed E-state index contributed by atoms with van der Waals surface area (Å²) in [6.07, 6.45) is 5.48. The van der Waals surface area contributed by atoms with Crippen LogP contribution in [-0.4, -0.2) is 0 Å². The lowest BCUT2D eigenvalue weighted by atomic mass is 9.95. The molecule has 0 fully saturated rings. The third kappa shape index (κ3) is 1.68. The first kappa shape index (κ1) is 7.07. The van der Waals surface area contributed by atoms with Gasteiger partial charge in [0.15, 0.2) is 0 Å². The van der Waals surface area contributed by atoms with Gasteiger partial charge in [-0.1, -0.05) is 40.6 Å². The molecule has 9 heavy (non-hydrogen) atoms. The van der Waals surface area contributed by atoms with E-state index in [1.54, 1.807) is 0 Å². The molecule has 1 rings (SSSR count). The van der Waals surface area contributed by atoms with Gasteiger partial charge in [0.1, 0.15) is 0 Å². The first-order valence-electron chi connectivity index (χ1n) is 3.23. The number of hydrogen-bond acceptors (Lipinski definition) is 0. The van der Waals surface area contributed by atoms with Crippen LogP contribution in [0.3, 0.4) is 0 Å². The largest absolute Gasteiger partial charge is 0.0701 e. The van der Waals surface area contributed by atoms with Gasteiger partial charge in [-0.25, -0.2) is 0 Å². The van der Waals surface area contributed by atoms with E-state index < -0.39 is 0 Å². The van der Waals surface area contributed by atoms with E-state index in [-0.39, 0.29) is 0 Å². The molecule has 1 unspecified atom stereocenters. The first-order valence-corrected chi connectivity index (χ1v) is 4.02. The maximum Gasteiger partial charge on any atom is -0.00435 e. The van der Waals surface area contributed by atoms with E-state index in [2.05, 4.69) is 41.9 Å². The van der Waals surface area contributed by atoms with Crippen molar-refractivity contribution in [1.29, 1.82) is 0 Å². The van der Waals surface area contributed by atoms with E-state index in [9.17, 15) is 0 Å². The molecule has 0 saturated carbocycles. The zero-order chi connectivity index (χ0) is 6.85. The van der Waals surface area contributed by atoms with Gasteiger partial charge in [-0.05, 0) is 23.7 Å². The molecule has 0 heterocycles. The Labute approximate surface area is 64.8 Å². The van der Waals surface area contributed by atoms with Crippen molar-refractivity contribution in [2.45, 2.75) is 20.3 Å². The van der Waals surface area contributed by atoms with Crippen LogP contribution in [0.1, 0.15) is 20.3 Å². The average molecular weight is 187 g/mol. The smallest absolute Gasteiger partial charge is 0.00435 e. The lowest BCUT2D eigenvalue weighted by Crippen LogP contribution is -1.99. The molecule has 0 nitrogen and oxygen atoms in total. The minimum absolute atomic E-state index is 0.726. The minimum Gasteiger partial charge on any atom is -0.0701 e. The number of hydrogen-bond donors (Lipinski definition) is 0. The Hall–Kier alpha value is -0.0400. The van der Waals surface area contributed by atoms with Gasteiger partial charge in [-0.2, -0.15) is 0 Å². The lowest BCUT2D eigenvalue weighted by Gasteiger charge is -2.14. The van der Waals surface area contributed by atoms with E-state index in [1.807, 2.05) is 0 Å². The molecule has 0 N–H and O–H groups in total. The predicted molar refractivity (Wildman–Crippen MR) is 44.5 cm³/mol. The Balaban J connectivity index is 2.74. The lowest BCUT2D eigenvalue weighted by molar-refractivity contribution is 0.682. The fraction of sp³-hybridized carbons (Fsp3) is 0.500. The van der Waals surface area contributed by atoms with E-state index in [1.165, 1.54) is 16.5 Å². The summed E-state index contributed by atoms with van der Waals surface area (Å²) in [7, 11) is 0. The minimum atomic E-state index is 0.726. The molecule has 0 aromatic rings. The van der Waals surface area contributed by atoms with Crippen LogP contribution < -0.4 is 0 Å². The molecule has 0 aromatic carbocycles. The SMILES string of the molecule is CC1=CC=C(Br)CC1C. The number of halogens is 1. The Kier molecular flexibility index (Phi) is 2.12. The normalized spacial score (nSPS) is 27.2.